The van der Waals surface area contributed by atoms with Gasteiger partial charge in [0.05, 0.1) is 20.3 Å². The summed E-state index contributed by atoms with van der Waals surface area (Å²) in [5.41, 5.74) is 7.91. The van der Waals surface area contributed by atoms with Crippen molar-refractivity contribution >= 4 is 5.69 Å². The molecule has 0 aliphatic rings. The minimum absolute atomic E-state index is 0.302. The smallest absolute Gasteiger partial charge is 0.120 e. The maximum Gasteiger partial charge on any atom is 0.120 e. The van der Waals surface area contributed by atoms with Crippen LogP contribution in [0.5, 0.6) is 5.75 Å². The molecule has 114 valence electrons. The van der Waals surface area contributed by atoms with Crippen LogP contribution in [-0.4, -0.2) is 52.0 Å². The molecule has 0 saturated heterocycles. The Bertz CT molecular complexity index is 399. The van der Waals surface area contributed by atoms with Gasteiger partial charge in [0.25, 0.3) is 0 Å². The highest BCUT2D eigenvalue weighted by Crippen LogP contribution is 2.21. The van der Waals surface area contributed by atoms with Gasteiger partial charge in [-0.25, -0.2) is 0 Å². The number of ether oxygens (including phenoxy) is 3. The molecule has 1 rings (SSSR count). The Labute approximate surface area is 121 Å². The van der Waals surface area contributed by atoms with Crippen LogP contribution in [0.4, 0.5) is 5.69 Å². The van der Waals surface area contributed by atoms with E-state index in [0.717, 1.165) is 30.1 Å². The Morgan fingerprint density at radius 2 is 1.95 bits per heavy atom. The van der Waals surface area contributed by atoms with Gasteiger partial charge in [0, 0.05) is 45.1 Å². The van der Waals surface area contributed by atoms with Crippen LogP contribution in [0.15, 0.2) is 18.2 Å². The number of nitrogens with zero attached hydrogens (tertiary/aromatic N) is 1. The molecule has 1 atom stereocenters. The van der Waals surface area contributed by atoms with Gasteiger partial charge in [0.2, 0.25) is 0 Å². The third-order valence-corrected chi connectivity index (χ3v) is 3.34. The summed E-state index contributed by atoms with van der Waals surface area (Å²) in [7, 11) is 5.06. The highest BCUT2D eigenvalue weighted by molar-refractivity contribution is 5.51. The average Bonchev–Trinajstić information content (AvgIpc) is 2.45. The summed E-state index contributed by atoms with van der Waals surface area (Å²) in [6, 6.07) is 6.09. The molecule has 5 heteroatoms. The third-order valence-electron chi connectivity index (χ3n) is 3.34. The molecule has 1 aromatic rings. The highest BCUT2D eigenvalue weighted by Gasteiger charge is 2.15. The molecule has 5 nitrogen and oxygen atoms in total. The fourth-order valence-electron chi connectivity index (χ4n) is 2.07. The van der Waals surface area contributed by atoms with E-state index in [1.807, 2.05) is 18.2 Å². The Hall–Kier alpha value is -1.30. The normalized spacial score (nSPS) is 12.7. The zero-order valence-corrected chi connectivity index (χ0v) is 12.9. The predicted octanol–water partition coefficient (Wildman–Crippen LogP) is 1.76. The summed E-state index contributed by atoms with van der Waals surface area (Å²) in [6.45, 7) is 5.11. The number of nitrogen functional groups attached to an aromatic ring is 1. The molecule has 0 aliphatic heterocycles. The molecule has 0 bridgehead atoms. The van der Waals surface area contributed by atoms with Gasteiger partial charge in [-0.1, -0.05) is 6.07 Å². The lowest BCUT2D eigenvalue weighted by Gasteiger charge is -2.29. The van der Waals surface area contributed by atoms with Crippen molar-refractivity contribution in [3.63, 3.8) is 0 Å². The van der Waals surface area contributed by atoms with E-state index in [9.17, 15) is 0 Å². The molecule has 0 amide bonds. The Morgan fingerprint density at radius 1 is 1.20 bits per heavy atom. The average molecular weight is 282 g/mol. The first-order chi connectivity index (χ1) is 9.62. The molecule has 2 N–H and O–H groups in total. The van der Waals surface area contributed by atoms with Crippen molar-refractivity contribution in [3.05, 3.63) is 23.8 Å². The lowest BCUT2D eigenvalue weighted by molar-refractivity contribution is 0.0706. The molecule has 0 aromatic heterocycles. The van der Waals surface area contributed by atoms with Crippen LogP contribution in [0.1, 0.15) is 12.5 Å². The van der Waals surface area contributed by atoms with Crippen LogP contribution in [-0.2, 0) is 16.0 Å². The number of methoxy groups -OCH3 is 3. The fraction of sp³-hybridized carbons (Fsp3) is 0.600. The fourth-order valence-corrected chi connectivity index (χ4v) is 2.07. The molecule has 20 heavy (non-hydrogen) atoms. The van der Waals surface area contributed by atoms with E-state index in [1.54, 1.807) is 21.3 Å². The second-order valence-electron chi connectivity index (χ2n) is 4.83. The van der Waals surface area contributed by atoms with Crippen molar-refractivity contribution in [2.45, 2.75) is 19.5 Å². The van der Waals surface area contributed by atoms with Crippen LogP contribution >= 0.6 is 0 Å². The van der Waals surface area contributed by atoms with Crippen LogP contribution in [0.25, 0.3) is 0 Å². The van der Waals surface area contributed by atoms with E-state index in [-0.39, 0.29) is 0 Å². The topological polar surface area (TPSA) is 57.0 Å². The zero-order valence-electron chi connectivity index (χ0n) is 12.9. The maximum absolute atomic E-state index is 6.08. The zero-order chi connectivity index (χ0) is 15.0. The molecular weight excluding hydrogens is 256 g/mol. The number of nitrogens with two attached hydrogens (primary N) is 1. The molecular formula is C15H26N2O3. The van der Waals surface area contributed by atoms with Gasteiger partial charge in [0.1, 0.15) is 5.75 Å². The minimum atomic E-state index is 0.302. The number of anilines is 1. The summed E-state index contributed by atoms with van der Waals surface area (Å²) in [5.74, 6) is 0.777. The van der Waals surface area contributed by atoms with E-state index in [2.05, 4.69) is 11.8 Å². The first-order valence-electron chi connectivity index (χ1n) is 6.76. The first kappa shape index (κ1) is 16.8. The molecule has 0 radical (unpaired) electrons. The van der Waals surface area contributed by atoms with Crippen molar-refractivity contribution in [1.82, 2.24) is 4.90 Å². The highest BCUT2D eigenvalue weighted by atomic mass is 16.5. The van der Waals surface area contributed by atoms with Gasteiger partial charge in [-0.05, 0) is 18.6 Å². The quantitative estimate of drug-likeness (QED) is 0.699. The summed E-state index contributed by atoms with van der Waals surface area (Å²) >= 11 is 0. The lowest BCUT2D eigenvalue weighted by atomic mass is 10.1. The van der Waals surface area contributed by atoms with Crippen LogP contribution in [0.3, 0.4) is 0 Å². The van der Waals surface area contributed by atoms with Gasteiger partial charge in [-0.2, -0.15) is 0 Å². The summed E-state index contributed by atoms with van der Waals surface area (Å²) in [6.07, 6.45) is 0. The molecule has 1 unspecified atom stereocenters. The molecule has 1 aromatic carbocycles. The number of rotatable bonds is 9. The van der Waals surface area contributed by atoms with Crippen molar-refractivity contribution < 1.29 is 14.2 Å². The molecule has 0 saturated carbocycles. The molecule has 0 aliphatic carbocycles. The molecule has 0 spiro atoms. The van der Waals surface area contributed by atoms with Crippen LogP contribution in [0.2, 0.25) is 0 Å². The van der Waals surface area contributed by atoms with Gasteiger partial charge in [-0.3, -0.25) is 4.90 Å². The number of hydrogen-bond acceptors (Lipinski definition) is 5. The van der Waals surface area contributed by atoms with Crippen molar-refractivity contribution in [2.24, 2.45) is 0 Å². The van der Waals surface area contributed by atoms with Gasteiger partial charge < -0.3 is 19.9 Å². The van der Waals surface area contributed by atoms with Gasteiger partial charge in [0.15, 0.2) is 0 Å². The largest absolute Gasteiger partial charge is 0.497 e. The number of benzene rings is 1. The van der Waals surface area contributed by atoms with E-state index >= 15 is 0 Å². The summed E-state index contributed by atoms with van der Waals surface area (Å²) in [4.78, 5) is 2.30. The monoisotopic (exact) mass is 282 g/mol. The van der Waals surface area contributed by atoms with Crippen molar-refractivity contribution in [2.75, 3.05) is 46.8 Å². The van der Waals surface area contributed by atoms with E-state index in [0.29, 0.717) is 19.3 Å². The summed E-state index contributed by atoms with van der Waals surface area (Å²) < 4.78 is 15.6. The van der Waals surface area contributed by atoms with E-state index < -0.39 is 0 Å². The van der Waals surface area contributed by atoms with E-state index in [1.165, 1.54) is 0 Å². The van der Waals surface area contributed by atoms with E-state index in [4.69, 9.17) is 19.9 Å². The van der Waals surface area contributed by atoms with Crippen LogP contribution < -0.4 is 10.5 Å². The maximum atomic E-state index is 6.08. The standard InChI is InChI=1S/C15H26N2O3/c1-12(11-19-3)17(7-8-18-2)10-13-5-6-14(20-4)9-15(13)16/h5-6,9,12H,7-8,10-11,16H2,1-4H3. The summed E-state index contributed by atoms with van der Waals surface area (Å²) in [5, 5.41) is 0. The van der Waals surface area contributed by atoms with Gasteiger partial charge >= 0.3 is 0 Å². The molecule has 0 fully saturated rings. The third kappa shape index (κ3) is 5.00. The first-order valence-corrected chi connectivity index (χ1v) is 6.76. The minimum Gasteiger partial charge on any atom is -0.497 e. The molecule has 0 heterocycles. The lowest BCUT2D eigenvalue weighted by Crippen LogP contribution is -2.38. The second-order valence-corrected chi connectivity index (χ2v) is 4.83. The Morgan fingerprint density at radius 3 is 2.50 bits per heavy atom. The van der Waals surface area contributed by atoms with Crippen molar-refractivity contribution in [1.29, 1.82) is 0 Å². The Balaban J connectivity index is 2.77. The SMILES string of the molecule is COCCN(Cc1ccc(OC)cc1N)C(C)COC. The second kappa shape index (κ2) is 8.79. The predicted molar refractivity (Wildman–Crippen MR) is 81.0 cm³/mol. The number of hydrogen-bond donors (Lipinski definition) is 1. The van der Waals surface area contributed by atoms with Crippen molar-refractivity contribution in [3.8, 4) is 5.75 Å². The van der Waals surface area contributed by atoms with Gasteiger partial charge in [-0.15, -0.1) is 0 Å². The van der Waals surface area contributed by atoms with Crippen LogP contribution in [0, 0.1) is 0 Å². The Kier molecular flexibility index (Phi) is 7.36.